The van der Waals surface area contributed by atoms with Crippen LogP contribution in [-0.2, 0) is 13.1 Å². The molecule has 2 aromatic carbocycles. The van der Waals surface area contributed by atoms with Gasteiger partial charge in [-0.3, -0.25) is 14.9 Å². The molecule has 0 saturated heterocycles. The Morgan fingerprint density at radius 1 is 0.769 bits per heavy atom. The molecule has 7 heteroatoms. The summed E-state index contributed by atoms with van der Waals surface area (Å²) in [6, 6.07) is 26.9. The molecule has 39 heavy (non-hydrogen) atoms. The first-order valence-electron chi connectivity index (χ1n) is 13.5. The van der Waals surface area contributed by atoms with Crippen LogP contribution in [0.2, 0.25) is 0 Å². The number of hydrogen-bond donors (Lipinski definition) is 0. The summed E-state index contributed by atoms with van der Waals surface area (Å²) in [6.07, 6.45) is 6.95. The standard InChI is InChI=1S/C32H35N5OS/c1-36(2)28-14-12-25(13-15-28)32-35-30-17-16-29(22-31(30)39-32)38-21-9-3-8-20-37(23-26-10-4-6-18-33-26)24-27-11-5-7-19-34-27/h4-7,10-19,22H,3,8-9,20-21,23-24H2,1-2H3. The summed E-state index contributed by atoms with van der Waals surface area (Å²) >= 11 is 1.71. The lowest BCUT2D eigenvalue weighted by molar-refractivity contribution is 0.239. The van der Waals surface area contributed by atoms with Gasteiger partial charge >= 0.3 is 0 Å². The first-order valence-corrected chi connectivity index (χ1v) is 14.3. The third-order valence-electron chi connectivity index (χ3n) is 6.60. The number of anilines is 1. The maximum atomic E-state index is 6.11. The predicted octanol–water partition coefficient (Wildman–Crippen LogP) is 7.07. The van der Waals surface area contributed by atoms with E-state index in [4.69, 9.17) is 9.72 Å². The second-order valence-corrected chi connectivity index (χ2v) is 10.9. The van der Waals surface area contributed by atoms with Crippen molar-refractivity contribution < 1.29 is 4.74 Å². The summed E-state index contributed by atoms with van der Waals surface area (Å²) in [7, 11) is 4.10. The minimum absolute atomic E-state index is 0.712. The van der Waals surface area contributed by atoms with Crippen molar-refractivity contribution >= 4 is 27.2 Å². The van der Waals surface area contributed by atoms with Gasteiger partial charge in [0.2, 0.25) is 0 Å². The number of benzene rings is 2. The van der Waals surface area contributed by atoms with E-state index in [2.05, 4.69) is 82.4 Å². The van der Waals surface area contributed by atoms with Gasteiger partial charge in [0, 0.05) is 50.8 Å². The van der Waals surface area contributed by atoms with Crippen LogP contribution in [0.25, 0.3) is 20.8 Å². The normalized spacial score (nSPS) is 11.3. The lowest BCUT2D eigenvalue weighted by Gasteiger charge is -2.21. The van der Waals surface area contributed by atoms with E-state index in [0.29, 0.717) is 6.61 Å². The van der Waals surface area contributed by atoms with E-state index in [1.807, 2.05) is 42.7 Å². The topological polar surface area (TPSA) is 54.4 Å². The van der Waals surface area contributed by atoms with Gasteiger partial charge in [-0.25, -0.2) is 4.98 Å². The Kier molecular flexibility index (Phi) is 9.14. The van der Waals surface area contributed by atoms with Crippen molar-refractivity contribution in [2.75, 3.05) is 32.1 Å². The Bertz CT molecular complexity index is 1400. The van der Waals surface area contributed by atoms with Crippen LogP contribution in [0.5, 0.6) is 5.75 Å². The molecule has 0 radical (unpaired) electrons. The number of pyridine rings is 2. The Morgan fingerprint density at radius 3 is 2.13 bits per heavy atom. The lowest BCUT2D eigenvalue weighted by Crippen LogP contribution is -2.25. The Labute approximate surface area is 235 Å². The molecule has 0 spiro atoms. The van der Waals surface area contributed by atoms with Gasteiger partial charge in [-0.1, -0.05) is 12.1 Å². The lowest BCUT2D eigenvalue weighted by atomic mass is 10.2. The van der Waals surface area contributed by atoms with Crippen LogP contribution < -0.4 is 9.64 Å². The van der Waals surface area contributed by atoms with E-state index in [-0.39, 0.29) is 0 Å². The van der Waals surface area contributed by atoms with Crippen molar-refractivity contribution in [2.45, 2.75) is 32.4 Å². The third kappa shape index (κ3) is 7.62. The number of unbranched alkanes of at least 4 members (excludes halogenated alkanes) is 2. The average molecular weight is 538 g/mol. The zero-order valence-electron chi connectivity index (χ0n) is 22.7. The molecular formula is C32H35N5OS. The first kappa shape index (κ1) is 26.8. The Hall–Kier alpha value is -3.81. The van der Waals surface area contributed by atoms with Crippen molar-refractivity contribution in [1.82, 2.24) is 19.9 Å². The highest BCUT2D eigenvalue weighted by atomic mass is 32.1. The number of fused-ring (bicyclic) bond motifs is 1. The third-order valence-corrected chi connectivity index (χ3v) is 7.67. The fourth-order valence-electron chi connectivity index (χ4n) is 4.48. The van der Waals surface area contributed by atoms with E-state index >= 15 is 0 Å². The quantitative estimate of drug-likeness (QED) is 0.150. The van der Waals surface area contributed by atoms with Crippen LogP contribution in [0.1, 0.15) is 30.7 Å². The summed E-state index contributed by atoms with van der Waals surface area (Å²) in [5, 5.41) is 1.04. The zero-order valence-corrected chi connectivity index (χ0v) is 23.5. The molecule has 0 atom stereocenters. The van der Waals surface area contributed by atoms with Crippen LogP contribution in [0.4, 0.5) is 5.69 Å². The smallest absolute Gasteiger partial charge is 0.124 e. The SMILES string of the molecule is CN(C)c1ccc(-c2nc3ccc(OCCCCCN(Cc4ccccn4)Cc4ccccn4)cc3s2)cc1. The van der Waals surface area contributed by atoms with Crippen molar-refractivity contribution in [3.05, 3.63) is 103 Å². The zero-order chi connectivity index (χ0) is 26.9. The van der Waals surface area contributed by atoms with E-state index in [1.54, 1.807) is 11.3 Å². The van der Waals surface area contributed by atoms with Crippen LogP contribution >= 0.6 is 11.3 Å². The number of rotatable bonds is 13. The van der Waals surface area contributed by atoms with Crippen molar-refractivity contribution in [3.63, 3.8) is 0 Å². The van der Waals surface area contributed by atoms with E-state index < -0.39 is 0 Å². The van der Waals surface area contributed by atoms with Gasteiger partial charge in [0.25, 0.3) is 0 Å². The molecule has 3 aromatic heterocycles. The molecule has 0 N–H and O–H groups in total. The molecule has 0 unspecified atom stereocenters. The molecule has 0 fully saturated rings. The number of nitrogens with zero attached hydrogens (tertiary/aromatic N) is 5. The second-order valence-electron chi connectivity index (χ2n) is 9.85. The highest BCUT2D eigenvalue weighted by Gasteiger charge is 2.10. The average Bonchev–Trinajstić information content (AvgIpc) is 3.39. The number of hydrogen-bond acceptors (Lipinski definition) is 7. The molecule has 0 aliphatic heterocycles. The molecule has 5 rings (SSSR count). The highest BCUT2D eigenvalue weighted by molar-refractivity contribution is 7.21. The fourth-order valence-corrected chi connectivity index (χ4v) is 5.48. The molecule has 0 aliphatic carbocycles. The highest BCUT2D eigenvalue weighted by Crippen LogP contribution is 2.33. The van der Waals surface area contributed by atoms with Gasteiger partial charge in [0.05, 0.1) is 28.2 Å². The first-order chi connectivity index (χ1) is 19.1. The van der Waals surface area contributed by atoms with Crippen LogP contribution in [-0.4, -0.2) is 47.1 Å². The second kappa shape index (κ2) is 13.3. The minimum Gasteiger partial charge on any atom is -0.494 e. The summed E-state index contributed by atoms with van der Waals surface area (Å²) in [5.41, 5.74) is 5.52. The Balaban J connectivity index is 1.10. The van der Waals surface area contributed by atoms with Gasteiger partial charge in [-0.2, -0.15) is 0 Å². The molecule has 6 nitrogen and oxygen atoms in total. The summed E-state index contributed by atoms with van der Waals surface area (Å²) in [4.78, 5) is 18.4. The van der Waals surface area contributed by atoms with Gasteiger partial charge in [-0.15, -0.1) is 11.3 Å². The molecular weight excluding hydrogens is 502 g/mol. The van der Waals surface area contributed by atoms with Crippen LogP contribution in [0, 0.1) is 0 Å². The predicted molar refractivity (Wildman–Crippen MR) is 161 cm³/mol. The Morgan fingerprint density at radius 2 is 1.49 bits per heavy atom. The monoisotopic (exact) mass is 537 g/mol. The van der Waals surface area contributed by atoms with E-state index in [0.717, 1.165) is 76.8 Å². The number of thiazole rings is 1. The van der Waals surface area contributed by atoms with Gasteiger partial charge in [0.1, 0.15) is 10.8 Å². The maximum absolute atomic E-state index is 6.11. The minimum atomic E-state index is 0.712. The molecule has 0 saturated carbocycles. The van der Waals surface area contributed by atoms with Crippen molar-refractivity contribution in [3.8, 4) is 16.3 Å². The van der Waals surface area contributed by atoms with E-state index in [9.17, 15) is 0 Å². The number of aromatic nitrogens is 3. The molecule has 0 amide bonds. The molecule has 3 heterocycles. The fraction of sp³-hybridized carbons (Fsp3) is 0.281. The van der Waals surface area contributed by atoms with Gasteiger partial charge in [-0.05, 0) is 92.5 Å². The largest absolute Gasteiger partial charge is 0.494 e. The summed E-state index contributed by atoms with van der Waals surface area (Å²) in [6.45, 7) is 3.36. The van der Waals surface area contributed by atoms with Gasteiger partial charge in [0.15, 0.2) is 0 Å². The van der Waals surface area contributed by atoms with Gasteiger partial charge < -0.3 is 9.64 Å². The molecule has 0 aliphatic rings. The molecule has 5 aromatic rings. The molecule has 0 bridgehead atoms. The maximum Gasteiger partial charge on any atom is 0.124 e. The van der Waals surface area contributed by atoms with Crippen LogP contribution in [0.3, 0.4) is 0 Å². The van der Waals surface area contributed by atoms with Crippen LogP contribution in [0.15, 0.2) is 91.3 Å². The summed E-state index contributed by atoms with van der Waals surface area (Å²) in [5.74, 6) is 0.910. The van der Waals surface area contributed by atoms with Crippen molar-refractivity contribution in [1.29, 1.82) is 0 Å². The van der Waals surface area contributed by atoms with E-state index in [1.165, 1.54) is 5.69 Å². The number of ether oxygens (including phenoxy) is 1. The summed E-state index contributed by atoms with van der Waals surface area (Å²) < 4.78 is 7.26. The van der Waals surface area contributed by atoms with Crippen molar-refractivity contribution in [2.24, 2.45) is 0 Å². The molecule has 200 valence electrons.